The van der Waals surface area contributed by atoms with Gasteiger partial charge in [-0.2, -0.15) is 0 Å². The Labute approximate surface area is 231 Å². The molecule has 1 fully saturated rings. The lowest BCUT2D eigenvalue weighted by molar-refractivity contribution is -0.141. The number of methoxy groups -OCH3 is 2. The van der Waals surface area contributed by atoms with Gasteiger partial charge in [-0.05, 0) is 55.0 Å². The van der Waals surface area contributed by atoms with Crippen molar-refractivity contribution in [2.24, 2.45) is 4.99 Å². The summed E-state index contributed by atoms with van der Waals surface area (Å²) in [6.45, 7) is 4.13. The Morgan fingerprint density at radius 1 is 1.00 bits per heavy atom. The summed E-state index contributed by atoms with van der Waals surface area (Å²) in [5.74, 6) is -0.145. The molecule has 7 nitrogen and oxygen atoms in total. The molecule has 3 aromatic carbocycles. The molecule has 2 aliphatic heterocycles. The molecule has 2 heterocycles. The number of rotatable bonds is 5. The van der Waals surface area contributed by atoms with Crippen LogP contribution in [0.1, 0.15) is 23.6 Å². The number of fused-ring (bicyclic) bond motifs is 1. The van der Waals surface area contributed by atoms with Crippen LogP contribution in [0.3, 0.4) is 0 Å². The molecule has 10 heteroatoms. The Morgan fingerprint density at radius 3 is 2.44 bits per heavy atom. The predicted molar refractivity (Wildman–Crippen MR) is 148 cm³/mol. The van der Waals surface area contributed by atoms with Gasteiger partial charge < -0.3 is 24.2 Å². The van der Waals surface area contributed by atoms with E-state index >= 15 is 4.39 Å². The molecule has 204 valence electrons. The predicted octanol–water partition coefficient (Wildman–Crippen LogP) is 5.87. The summed E-state index contributed by atoms with van der Waals surface area (Å²) in [6.07, 6.45) is -0.0452. The highest BCUT2D eigenvalue weighted by atomic mass is 35.5. The van der Waals surface area contributed by atoms with Gasteiger partial charge in [0, 0.05) is 42.5 Å². The third-order valence-electron chi connectivity index (χ3n) is 7.17. The van der Waals surface area contributed by atoms with Crippen molar-refractivity contribution >= 4 is 40.6 Å². The molecular formula is C29H29ClF2N4O3. The van der Waals surface area contributed by atoms with Gasteiger partial charge >= 0.3 is 5.97 Å². The number of guanidine groups is 1. The first-order valence-electron chi connectivity index (χ1n) is 12.6. The molecule has 0 saturated carbocycles. The monoisotopic (exact) mass is 554 g/mol. The minimum absolute atomic E-state index is 0.0452. The molecule has 0 N–H and O–H groups in total. The second-order valence-corrected chi connectivity index (χ2v) is 9.92. The number of hydrogen-bond donors (Lipinski definition) is 0. The number of esters is 1. The maximum Gasteiger partial charge on any atom is 0.307 e. The third-order valence-corrected chi connectivity index (χ3v) is 7.41. The van der Waals surface area contributed by atoms with Gasteiger partial charge in [0.2, 0.25) is 5.96 Å². The summed E-state index contributed by atoms with van der Waals surface area (Å²) in [7, 11) is 2.88. The van der Waals surface area contributed by atoms with Crippen molar-refractivity contribution in [2.45, 2.75) is 19.4 Å². The van der Waals surface area contributed by atoms with Gasteiger partial charge in [-0.25, -0.2) is 13.8 Å². The fourth-order valence-corrected chi connectivity index (χ4v) is 5.30. The number of piperazine rings is 1. The van der Waals surface area contributed by atoms with Gasteiger partial charge in [-0.3, -0.25) is 4.79 Å². The molecule has 1 atom stereocenters. The number of halogens is 3. The third kappa shape index (κ3) is 5.23. The molecule has 5 rings (SSSR count). The van der Waals surface area contributed by atoms with E-state index in [0.29, 0.717) is 59.7 Å². The van der Waals surface area contributed by atoms with E-state index in [1.807, 2.05) is 11.0 Å². The van der Waals surface area contributed by atoms with Crippen LogP contribution in [0.5, 0.6) is 5.75 Å². The average molecular weight is 555 g/mol. The summed E-state index contributed by atoms with van der Waals surface area (Å²) in [5.41, 5.74) is 2.88. The Balaban J connectivity index is 1.57. The van der Waals surface area contributed by atoms with E-state index in [1.54, 1.807) is 50.4 Å². The van der Waals surface area contributed by atoms with E-state index in [9.17, 15) is 9.18 Å². The van der Waals surface area contributed by atoms with Crippen molar-refractivity contribution in [3.05, 3.63) is 82.4 Å². The van der Waals surface area contributed by atoms with Crippen LogP contribution in [0.4, 0.5) is 25.8 Å². The molecule has 0 aliphatic carbocycles. The molecular weight excluding hydrogens is 526 g/mol. The van der Waals surface area contributed by atoms with Gasteiger partial charge in [0.15, 0.2) is 0 Å². The fourth-order valence-electron chi connectivity index (χ4n) is 5.13. The Hall–Kier alpha value is -3.85. The van der Waals surface area contributed by atoms with Crippen LogP contribution in [-0.2, 0) is 9.53 Å². The molecule has 0 bridgehead atoms. The SMILES string of the molecule is COC(=O)CC1c2cccc(F)c2N=C(N2CCN(c3ccc(F)c(C)c3)CC2)N1c1cc(Cl)ccc1OC. The summed E-state index contributed by atoms with van der Waals surface area (Å²) in [6, 6.07) is 14.4. The lowest BCUT2D eigenvalue weighted by atomic mass is 9.97. The minimum Gasteiger partial charge on any atom is -0.495 e. The van der Waals surface area contributed by atoms with Crippen LogP contribution >= 0.6 is 11.6 Å². The van der Waals surface area contributed by atoms with E-state index in [2.05, 4.69) is 9.80 Å². The van der Waals surface area contributed by atoms with Crippen molar-refractivity contribution in [3.63, 3.8) is 0 Å². The standard InChI is InChI=1S/C29H29ClF2N4O3/c1-18-15-20(8-9-22(18)31)34-11-13-35(14-12-34)29-33-28-21(5-4-6-23(28)32)24(17-27(37)39-3)36(29)25-16-19(30)7-10-26(25)38-2/h4-10,15-16,24H,11-14,17H2,1-3H3. The molecule has 1 saturated heterocycles. The highest BCUT2D eigenvalue weighted by Gasteiger charge is 2.39. The fraction of sp³-hybridized carbons (Fsp3) is 0.310. The van der Waals surface area contributed by atoms with Gasteiger partial charge in [-0.1, -0.05) is 23.7 Å². The van der Waals surface area contributed by atoms with Gasteiger partial charge in [0.05, 0.1) is 32.4 Å². The van der Waals surface area contributed by atoms with Crippen LogP contribution in [0.2, 0.25) is 5.02 Å². The van der Waals surface area contributed by atoms with E-state index in [4.69, 9.17) is 26.1 Å². The lowest BCUT2D eigenvalue weighted by Gasteiger charge is -2.45. The minimum atomic E-state index is -0.624. The van der Waals surface area contributed by atoms with Crippen molar-refractivity contribution in [2.75, 3.05) is 50.2 Å². The highest BCUT2D eigenvalue weighted by Crippen LogP contribution is 2.45. The van der Waals surface area contributed by atoms with Crippen LogP contribution in [-0.4, -0.2) is 57.2 Å². The van der Waals surface area contributed by atoms with Gasteiger partial charge in [0.1, 0.15) is 23.1 Å². The first kappa shape index (κ1) is 26.7. The molecule has 0 amide bonds. The van der Waals surface area contributed by atoms with Crippen molar-refractivity contribution in [1.82, 2.24) is 4.90 Å². The summed E-state index contributed by atoms with van der Waals surface area (Å²) >= 11 is 6.42. The zero-order valence-corrected chi connectivity index (χ0v) is 22.7. The number of aryl methyl sites for hydroxylation is 1. The first-order chi connectivity index (χ1) is 18.8. The highest BCUT2D eigenvalue weighted by molar-refractivity contribution is 6.31. The van der Waals surface area contributed by atoms with Crippen LogP contribution < -0.4 is 14.5 Å². The zero-order valence-electron chi connectivity index (χ0n) is 22.0. The Bertz CT molecular complexity index is 1430. The van der Waals surface area contributed by atoms with Crippen LogP contribution in [0.15, 0.2) is 59.6 Å². The molecule has 2 aliphatic rings. The maximum absolute atomic E-state index is 15.2. The largest absolute Gasteiger partial charge is 0.495 e. The smallest absolute Gasteiger partial charge is 0.307 e. The topological polar surface area (TPSA) is 57.6 Å². The van der Waals surface area contributed by atoms with E-state index < -0.39 is 17.8 Å². The Morgan fingerprint density at radius 2 is 1.74 bits per heavy atom. The number of carbonyl (C=O) groups excluding carboxylic acids is 1. The molecule has 0 spiro atoms. The zero-order chi connectivity index (χ0) is 27.7. The Kier molecular flexibility index (Phi) is 7.61. The molecule has 0 aromatic heterocycles. The number of aliphatic imine (C=N–C) groups is 1. The number of hydrogen-bond acceptors (Lipinski definition) is 7. The van der Waals surface area contributed by atoms with E-state index in [-0.39, 0.29) is 17.9 Å². The van der Waals surface area contributed by atoms with Crippen molar-refractivity contribution < 1.29 is 23.0 Å². The molecule has 3 aromatic rings. The van der Waals surface area contributed by atoms with Gasteiger partial charge in [-0.15, -0.1) is 0 Å². The normalized spacial score (nSPS) is 17.0. The maximum atomic E-state index is 15.2. The molecule has 1 unspecified atom stereocenters. The number of para-hydroxylation sites is 1. The number of carbonyl (C=O) groups is 1. The molecule has 0 radical (unpaired) electrons. The number of anilines is 2. The summed E-state index contributed by atoms with van der Waals surface area (Å²) in [4.78, 5) is 23.6. The van der Waals surface area contributed by atoms with Crippen molar-refractivity contribution in [3.8, 4) is 5.75 Å². The summed E-state index contributed by atoms with van der Waals surface area (Å²) in [5, 5.41) is 0.475. The van der Waals surface area contributed by atoms with E-state index in [0.717, 1.165) is 5.69 Å². The summed E-state index contributed by atoms with van der Waals surface area (Å²) < 4.78 is 39.7. The number of benzene rings is 3. The quantitative estimate of drug-likeness (QED) is 0.368. The van der Waals surface area contributed by atoms with Crippen LogP contribution in [0.25, 0.3) is 0 Å². The molecule has 39 heavy (non-hydrogen) atoms. The lowest BCUT2D eigenvalue weighted by Crippen LogP contribution is -2.55. The second-order valence-electron chi connectivity index (χ2n) is 9.48. The van der Waals surface area contributed by atoms with E-state index in [1.165, 1.54) is 19.2 Å². The van der Waals surface area contributed by atoms with Crippen LogP contribution in [0, 0.1) is 18.6 Å². The van der Waals surface area contributed by atoms with Gasteiger partial charge in [0.25, 0.3) is 0 Å². The first-order valence-corrected chi connectivity index (χ1v) is 13.0. The number of nitrogens with zero attached hydrogens (tertiary/aromatic N) is 4. The second kappa shape index (κ2) is 11.1. The average Bonchev–Trinajstić information content (AvgIpc) is 2.94. The number of ether oxygens (including phenoxy) is 2. The van der Waals surface area contributed by atoms with Crippen molar-refractivity contribution in [1.29, 1.82) is 0 Å².